The number of aromatic hydroxyl groups is 2. The summed E-state index contributed by atoms with van der Waals surface area (Å²) in [4.78, 5) is 14.8. The Bertz CT molecular complexity index is 1020. The molecule has 0 unspecified atom stereocenters. The topological polar surface area (TPSA) is 60.8 Å². The van der Waals surface area contributed by atoms with Crippen molar-refractivity contribution in [1.82, 2.24) is 4.90 Å². The number of hydrogen-bond acceptors (Lipinski definition) is 3. The largest absolute Gasteiger partial charge is 0.507 e. The van der Waals surface area contributed by atoms with Crippen LogP contribution < -0.4 is 0 Å². The number of carbonyl (C=O) groups excluding carboxylic acids is 1. The fraction of sp³-hybridized carbons (Fsp3) is 0.483. The molecule has 0 heterocycles. The summed E-state index contributed by atoms with van der Waals surface area (Å²) in [5.74, 6) is 0.379. The van der Waals surface area contributed by atoms with E-state index in [0.29, 0.717) is 12.1 Å². The lowest BCUT2D eigenvalue weighted by molar-refractivity contribution is -0.134. The monoisotopic (exact) mass is 449 g/mol. The van der Waals surface area contributed by atoms with Gasteiger partial charge in [0, 0.05) is 25.1 Å². The molecule has 1 aliphatic carbocycles. The van der Waals surface area contributed by atoms with Gasteiger partial charge in [0.15, 0.2) is 0 Å². The van der Waals surface area contributed by atoms with Gasteiger partial charge in [0.25, 0.3) is 0 Å². The number of phenolic OH excluding ortho intramolecular Hbond substituents is 2. The van der Waals surface area contributed by atoms with Gasteiger partial charge in [-0.3, -0.25) is 4.79 Å². The number of rotatable bonds is 9. The molecule has 0 saturated heterocycles. The summed E-state index contributed by atoms with van der Waals surface area (Å²) in [5, 5.41) is 22.6. The fourth-order valence-electron chi connectivity index (χ4n) is 5.02. The van der Waals surface area contributed by atoms with Crippen molar-refractivity contribution in [2.75, 3.05) is 7.05 Å². The van der Waals surface area contributed by atoms with E-state index >= 15 is 0 Å². The molecule has 1 amide bonds. The third-order valence-electron chi connectivity index (χ3n) is 6.91. The molecule has 178 valence electrons. The van der Waals surface area contributed by atoms with Crippen molar-refractivity contribution in [3.63, 3.8) is 0 Å². The number of unbranched alkanes of at least 4 members (excludes halogenated alkanes) is 2. The molecule has 2 aromatic carbocycles. The maximum Gasteiger partial charge on any atom is 0.225 e. The number of hydrogen-bond donors (Lipinski definition) is 2. The molecule has 0 aromatic heterocycles. The SMILES string of the molecule is C=C(C)c1ccc(C)cc1-c1c(O)cc(CCCCC)c(CN(C)C(=O)C2CCCC2)c1O. The molecule has 1 saturated carbocycles. The number of benzene rings is 2. The highest BCUT2D eigenvalue weighted by Crippen LogP contribution is 2.45. The molecule has 0 radical (unpaired) electrons. The van der Waals surface area contributed by atoms with Crippen LogP contribution in [0.1, 0.15) is 81.0 Å². The second-order valence-electron chi connectivity index (χ2n) is 9.72. The number of allylic oxidation sites excluding steroid dienone is 1. The molecule has 3 rings (SSSR count). The third-order valence-corrected chi connectivity index (χ3v) is 6.91. The normalized spacial score (nSPS) is 13.9. The minimum absolute atomic E-state index is 0.0700. The molecule has 1 aliphatic rings. The Hall–Kier alpha value is -2.75. The zero-order valence-electron chi connectivity index (χ0n) is 20.7. The van der Waals surface area contributed by atoms with E-state index in [-0.39, 0.29) is 23.3 Å². The van der Waals surface area contributed by atoms with Gasteiger partial charge in [0.1, 0.15) is 11.5 Å². The molecule has 0 aliphatic heterocycles. The van der Waals surface area contributed by atoms with Crippen molar-refractivity contribution in [3.05, 3.63) is 53.1 Å². The minimum Gasteiger partial charge on any atom is -0.507 e. The van der Waals surface area contributed by atoms with Crippen molar-refractivity contribution in [3.8, 4) is 22.6 Å². The summed E-state index contributed by atoms with van der Waals surface area (Å²) in [6, 6.07) is 7.76. The van der Waals surface area contributed by atoms with Gasteiger partial charge in [-0.15, -0.1) is 0 Å². The molecule has 33 heavy (non-hydrogen) atoms. The first-order valence-electron chi connectivity index (χ1n) is 12.3. The Labute approximate surface area is 199 Å². The van der Waals surface area contributed by atoms with E-state index in [9.17, 15) is 15.0 Å². The zero-order valence-corrected chi connectivity index (χ0v) is 20.7. The lowest BCUT2D eigenvalue weighted by Gasteiger charge is -2.25. The van der Waals surface area contributed by atoms with Crippen LogP contribution in [0.4, 0.5) is 0 Å². The first-order chi connectivity index (χ1) is 15.7. The Morgan fingerprint density at radius 2 is 1.85 bits per heavy atom. The maximum absolute atomic E-state index is 13.0. The van der Waals surface area contributed by atoms with E-state index in [0.717, 1.165) is 84.8 Å². The predicted octanol–water partition coefficient (Wildman–Crippen LogP) is 6.99. The number of aryl methyl sites for hydroxylation is 2. The second-order valence-corrected chi connectivity index (χ2v) is 9.72. The Morgan fingerprint density at radius 3 is 2.48 bits per heavy atom. The van der Waals surface area contributed by atoms with Crippen LogP contribution in [0, 0.1) is 12.8 Å². The van der Waals surface area contributed by atoms with Crippen LogP contribution >= 0.6 is 0 Å². The highest BCUT2D eigenvalue weighted by molar-refractivity contribution is 5.87. The van der Waals surface area contributed by atoms with Crippen molar-refractivity contribution >= 4 is 11.5 Å². The van der Waals surface area contributed by atoms with Crippen molar-refractivity contribution < 1.29 is 15.0 Å². The van der Waals surface area contributed by atoms with Crippen molar-refractivity contribution in [1.29, 1.82) is 0 Å². The molecular weight excluding hydrogens is 410 g/mol. The molecule has 0 bridgehead atoms. The van der Waals surface area contributed by atoms with Crippen LogP contribution in [0.2, 0.25) is 0 Å². The van der Waals surface area contributed by atoms with Crippen molar-refractivity contribution in [2.24, 2.45) is 5.92 Å². The summed E-state index contributed by atoms with van der Waals surface area (Å²) in [6.45, 7) is 10.5. The van der Waals surface area contributed by atoms with Gasteiger partial charge in [0.2, 0.25) is 5.91 Å². The van der Waals surface area contributed by atoms with E-state index in [1.165, 1.54) is 0 Å². The number of phenols is 2. The first-order valence-corrected chi connectivity index (χ1v) is 12.3. The van der Waals surface area contributed by atoms with Crippen LogP contribution in [-0.2, 0) is 17.8 Å². The summed E-state index contributed by atoms with van der Waals surface area (Å²) in [6.07, 6.45) is 8.03. The number of amides is 1. The number of nitrogens with zero attached hydrogens (tertiary/aromatic N) is 1. The van der Waals surface area contributed by atoms with Crippen LogP contribution in [0.15, 0.2) is 30.8 Å². The van der Waals surface area contributed by atoms with E-state index in [4.69, 9.17) is 0 Å². The van der Waals surface area contributed by atoms with Gasteiger partial charge in [-0.2, -0.15) is 0 Å². The van der Waals surface area contributed by atoms with Gasteiger partial charge >= 0.3 is 0 Å². The minimum atomic E-state index is 0.0700. The van der Waals surface area contributed by atoms with Gasteiger partial charge in [0.05, 0.1) is 5.56 Å². The Morgan fingerprint density at radius 1 is 1.15 bits per heavy atom. The first kappa shape index (κ1) is 24.9. The summed E-state index contributed by atoms with van der Waals surface area (Å²) in [5.41, 5.74) is 5.64. The number of carbonyl (C=O) groups is 1. The molecule has 4 heteroatoms. The lowest BCUT2D eigenvalue weighted by atomic mass is 9.89. The average molecular weight is 450 g/mol. The van der Waals surface area contributed by atoms with Crippen LogP contribution in [0.3, 0.4) is 0 Å². The Kier molecular flexibility index (Phi) is 8.23. The van der Waals surface area contributed by atoms with Gasteiger partial charge in [-0.25, -0.2) is 0 Å². The summed E-state index contributed by atoms with van der Waals surface area (Å²) < 4.78 is 0. The Balaban J connectivity index is 2.09. The quantitative estimate of drug-likeness (QED) is 0.406. The zero-order chi connectivity index (χ0) is 24.1. The van der Waals surface area contributed by atoms with E-state index in [1.807, 2.05) is 39.1 Å². The molecular formula is C29H39NO3. The smallest absolute Gasteiger partial charge is 0.225 e. The van der Waals surface area contributed by atoms with Crippen LogP contribution in [0.5, 0.6) is 11.5 Å². The van der Waals surface area contributed by atoms with E-state index < -0.39 is 0 Å². The molecule has 4 nitrogen and oxygen atoms in total. The third kappa shape index (κ3) is 5.61. The van der Waals surface area contributed by atoms with Crippen molar-refractivity contribution in [2.45, 2.75) is 78.7 Å². The maximum atomic E-state index is 13.0. The van der Waals surface area contributed by atoms with Gasteiger partial charge in [-0.1, -0.05) is 68.5 Å². The van der Waals surface area contributed by atoms with Crippen LogP contribution in [-0.4, -0.2) is 28.1 Å². The average Bonchev–Trinajstić information content (AvgIpc) is 3.30. The second kappa shape index (κ2) is 10.9. The van der Waals surface area contributed by atoms with Gasteiger partial charge in [-0.05, 0) is 62.3 Å². The summed E-state index contributed by atoms with van der Waals surface area (Å²) in [7, 11) is 1.83. The lowest BCUT2D eigenvalue weighted by Crippen LogP contribution is -2.31. The highest BCUT2D eigenvalue weighted by atomic mass is 16.3. The predicted molar refractivity (Wildman–Crippen MR) is 136 cm³/mol. The molecule has 1 fully saturated rings. The van der Waals surface area contributed by atoms with Crippen LogP contribution in [0.25, 0.3) is 16.7 Å². The summed E-state index contributed by atoms with van der Waals surface area (Å²) >= 11 is 0. The molecule has 0 atom stereocenters. The van der Waals surface area contributed by atoms with E-state index in [1.54, 1.807) is 11.0 Å². The standard InChI is InChI=1S/C29H39NO3/c1-6-7-8-13-22-17-26(31)27(24-16-20(4)14-15-23(24)19(2)3)28(32)25(22)18-30(5)29(33)21-11-9-10-12-21/h14-17,21,31-32H,2,6-13,18H2,1,3-5H3. The van der Waals surface area contributed by atoms with E-state index in [2.05, 4.69) is 13.5 Å². The highest BCUT2D eigenvalue weighted by Gasteiger charge is 2.28. The molecule has 2 aromatic rings. The molecule has 0 spiro atoms. The fourth-order valence-corrected chi connectivity index (χ4v) is 5.02. The molecule has 2 N–H and O–H groups in total. The van der Waals surface area contributed by atoms with Gasteiger partial charge < -0.3 is 15.1 Å².